The van der Waals surface area contributed by atoms with Crippen LogP contribution in [-0.4, -0.2) is 56.1 Å². The van der Waals surface area contributed by atoms with Gasteiger partial charge in [0.1, 0.15) is 0 Å². The molecule has 124 valence electrons. The standard InChI is InChI=1S/C15H28N2O2S.ClH/c1-2-20(18,19)17-9-8-15(13-17)11-16(12-15)10-14-6-4-3-5-7-14;/h14H,2-13H2,1H3;1H. The van der Waals surface area contributed by atoms with E-state index in [1.54, 1.807) is 11.2 Å². The second kappa shape index (κ2) is 6.73. The van der Waals surface area contributed by atoms with E-state index in [0.717, 1.165) is 38.5 Å². The van der Waals surface area contributed by atoms with Crippen LogP contribution in [0.15, 0.2) is 0 Å². The van der Waals surface area contributed by atoms with Gasteiger partial charge in [0.2, 0.25) is 10.0 Å². The molecule has 1 saturated carbocycles. The molecule has 3 aliphatic rings. The molecule has 0 N–H and O–H groups in total. The van der Waals surface area contributed by atoms with Crippen LogP contribution >= 0.6 is 12.4 Å². The Bertz CT molecular complexity index is 443. The van der Waals surface area contributed by atoms with Crippen molar-refractivity contribution in [3.05, 3.63) is 0 Å². The van der Waals surface area contributed by atoms with Crippen LogP contribution in [0.5, 0.6) is 0 Å². The normalized spacial score (nSPS) is 27.5. The Morgan fingerprint density at radius 2 is 1.76 bits per heavy atom. The zero-order chi connectivity index (χ0) is 14.2. The van der Waals surface area contributed by atoms with Crippen LogP contribution < -0.4 is 0 Å². The van der Waals surface area contributed by atoms with Gasteiger partial charge in [0.25, 0.3) is 0 Å². The SMILES string of the molecule is CCS(=O)(=O)N1CCC2(CN(CC3CCCCC3)C2)C1.Cl. The van der Waals surface area contributed by atoms with Gasteiger partial charge in [-0.2, -0.15) is 0 Å². The van der Waals surface area contributed by atoms with Crippen molar-refractivity contribution in [1.82, 2.24) is 9.21 Å². The van der Waals surface area contributed by atoms with Gasteiger partial charge in [-0.15, -0.1) is 12.4 Å². The highest BCUT2D eigenvalue weighted by molar-refractivity contribution is 7.89. The maximum atomic E-state index is 11.9. The van der Waals surface area contributed by atoms with Gasteiger partial charge in [-0.3, -0.25) is 0 Å². The lowest BCUT2D eigenvalue weighted by molar-refractivity contribution is -0.00228. The molecule has 2 aliphatic heterocycles. The Labute approximate surface area is 135 Å². The van der Waals surface area contributed by atoms with E-state index >= 15 is 0 Å². The maximum absolute atomic E-state index is 11.9. The monoisotopic (exact) mass is 336 g/mol. The van der Waals surface area contributed by atoms with Gasteiger partial charge in [0.05, 0.1) is 5.75 Å². The molecule has 1 aliphatic carbocycles. The summed E-state index contributed by atoms with van der Waals surface area (Å²) in [4.78, 5) is 2.57. The summed E-state index contributed by atoms with van der Waals surface area (Å²) in [6.45, 7) is 6.76. The number of hydrogen-bond acceptors (Lipinski definition) is 3. The minimum absolute atomic E-state index is 0. The fourth-order valence-corrected chi connectivity index (χ4v) is 5.54. The quantitative estimate of drug-likeness (QED) is 0.791. The third-order valence-electron chi connectivity index (χ3n) is 5.52. The minimum atomic E-state index is -2.98. The first-order valence-corrected chi connectivity index (χ1v) is 9.84. The van der Waals surface area contributed by atoms with Gasteiger partial charge >= 0.3 is 0 Å². The molecular weight excluding hydrogens is 308 g/mol. The van der Waals surface area contributed by atoms with E-state index in [-0.39, 0.29) is 23.6 Å². The summed E-state index contributed by atoms with van der Waals surface area (Å²) in [5.41, 5.74) is 0.289. The minimum Gasteiger partial charge on any atom is -0.302 e. The largest absolute Gasteiger partial charge is 0.302 e. The Balaban J connectivity index is 0.00000161. The van der Waals surface area contributed by atoms with Gasteiger partial charge in [-0.1, -0.05) is 19.3 Å². The molecule has 0 bridgehead atoms. The molecule has 6 heteroatoms. The van der Waals surface area contributed by atoms with E-state index in [9.17, 15) is 8.42 Å². The molecule has 4 nitrogen and oxygen atoms in total. The molecule has 0 aromatic carbocycles. The first-order chi connectivity index (χ1) is 9.53. The van der Waals surface area contributed by atoms with E-state index in [1.165, 1.54) is 38.6 Å². The molecule has 0 amide bonds. The molecule has 2 saturated heterocycles. The first-order valence-electron chi connectivity index (χ1n) is 8.23. The number of sulfonamides is 1. The van der Waals surface area contributed by atoms with Crippen molar-refractivity contribution in [1.29, 1.82) is 0 Å². The predicted octanol–water partition coefficient (Wildman–Crippen LogP) is 2.35. The van der Waals surface area contributed by atoms with Crippen molar-refractivity contribution in [2.24, 2.45) is 11.3 Å². The zero-order valence-corrected chi connectivity index (χ0v) is 14.7. The van der Waals surface area contributed by atoms with Crippen molar-refractivity contribution in [2.75, 3.05) is 38.5 Å². The van der Waals surface area contributed by atoms with Crippen LogP contribution in [0, 0.1) is 11.3 Å². The summed E-state index contributed by atoms with van der Waals surface area (Å²) in [6.07, 6.45) is 8.11. The predicted molar refractivity (Wildman–Crippen MR) is 88.3 cm³/mol. The number of halogens is 1. The van der Waals surface area contributed by atoms with E-state index in [1.807, 2.05) is 0 Å². The van der Waals surface area contributed by atoms with Gasteiger partial charge in [0.15, 0.2) is 0 Å². The summed E-state index contributed by atoms with van der Waals surface area (Å²) in [6, 6.07) is 0. The molecule has 0 aromatic heterocycles. The van der Waals surface area contributed by atoms with Gasteiger partial charge in [-0.25, -0.2) is 12.7 Å². The van der Waals surface area contributed by atoms with E-state index in [0.29, 0.717) is 0 Å². The van der Waals surface area contributed by atoms with E-state index in [2.05, 4.69) is 4.90 Å². The number of hydrogen-bond donors (Lipinski definition) is 0. The molecule has 0 aromatic rings. The highest BCUT2D eigenvalue weighted by atomic mass is 35.5. The van der Waals surface area contributed by atoms with Crippen LogP contribution in [0.4, 0.5) is 0 Å². The molecule has 2 heterocycles. The van der Waals surface area contributed by atoms with E-state index in [4.69, 9.17) is 0 Å². The Kier molecular flexibility index (Phi) is 5.61. The summed E-state index contributed by atoms with van der Waals surface area (Å²) in [5, 5.41) is 0. The highest BCUT2D eigenvalue weighted by Gasteiger charge is 2.49. The third-order valence-corrected chi connectivity index (χ3v) is 7.35. The lowest BCUT2D eigenvalue weighted by Gasteiger charge is -2.49. The average molecular weight is 337 g/mol. The molecule has 0 atom stereocenters. The average Bonchev–Trinajstić information content (AvgIpc) is 2.85. The Morgan fingerprint density at radius 1 is 1.10 bits per heavy atom. The van der Waals surface area contributed by atoms with Crippen LogP contribution in [0.25, 0.3) is 0 Å². The Hall–Kier alpha value is 0.160. The van der Waals surface area contributed by atoms with Crippen LogP contribution in [0.2, 0.25) is 0 Å². The molecular formula is C15H29ClN2O2S. The van der Waals surface area contributed by atoms with Gasteiger partial charge in [-0.05, 0) is 32.1 Å². The summed E-state index contributed by atoms with van der Waals surface area (Å²) < 4.78 is 25.6. The highest BCUT2D eigenvalue weighted by Crippen LogP contribution is 2.41. The van der Waals surface area contributed by atoms with Crippen LogP contribution in [0.3, 0.4) is 0 Å². The Morgan fingerprint density at radius 3 is 2.38 bits per heavy atom. The molecule has 1 spiro atoms. The van der Waals surface area contributed by atoms with Crippen molar-refractivity contribution in [2.45, 2.75) is 45.4 Å². The van der Waals surface area contributed by atoms with Crippen LogP contribution in [-0.2, 0) is 10.0 Å². The smallest absolute Gasteiger partial charge is 0.213 e. The molecule has 21 heavy (non-hydrogen) atoms. The van der Waals surface area contributed by atoms with Crippen molar-refractivity contribution >= 4 is 22.4 Å². The zero-order valence-electron chi connectivity index (χ0n) is 13.1. The molecule has 3 rings (SSSR count). The van der Waals surface area contributed by atoms with Crippen molar-refractivity contribution in [3.8, 4) is 0 Å². The van der Waals surface area contributed by atoms with Gasteiger partial charge in [0, 0.05) is 38.1 Å². The third kappa shape index (κ3) is 3.74. The molecule has 0 radical (unpaired) electrons. The fourth-order valence-electron chi connectivity index (χ4n) is 4.34. The summed E-state index contributed by atoms with van der Waals surface area (Å²) in [7, 11) is -2.98. The molecule has 3 fully saturated rings. The fraction of sp³-hybridized carbons (Fsp3) is 1.00. The second-order valence-corrected chi connectivity index (χ2v) is 9.42. The maximum Gasteiger partial charge on any atom is 0.213 e. The van der Waals surface area contributed by atoms with E-state index < -0.39 is 10.0 Å². The topological polar surface area (TPSA) is 40.6 Å². The first kappa shape index (κ1) is 17.5. The second-order valence-electron chi connectivity index (χ2n) is 7.16. The number of rotatable bonds is 4. The van der Waals surface area contributed by atoms with Gasteiger partial charge < -0.3 is 4.90 Å². The molecule has 0 unspecified atom stereocenters. The summed E-state index contributed by atoms with van der Waals surface area (Å²) >= 11 is 0. The lowest BCUT2D eigenvalue weighted by atomic mass is 9.78. The van der Waals surface area contributed by atoms with Crippen LogP contribution in [0.1, 0.15) is 45.4 Å². The van der Waals surface area contributed by atoms with Crippen molar-refractivity contribution in [3.63, 3.8) is 0 Å². The lowest BCUT2D eigenvalue weighted by Crippen LogP contribution is -2.58. The number of likely N-dealkylation sites (tertiary alicyclic amines) is 1. The van der Waals surface area contributed by atoms with Crippen molar-refractivity contribution < 1.29 is 8.42 Å². The summed E-state index contributed by atoms with van der Waals surface area (Å²) in [5.74, 6) is 1.15. The number of nitrogens with zero attached hydrogens (tertiary/aromatic N) is 2.